The molecule has 0 aliphatic carbocycles. The number of rotatable bonds is 7. The second-order valence-corrected chi connectivity index (χ2v) is 10.4. The van der Waals surface area contributed by atoms with E-state index in [1.165, 1.54) is 0 Å². The lowest BCUT2D eigenvalue weighted by atomic mass is 9.79. The van der Waals surface area contributed by atoms with Crippen LogP contribution in [0.25, 0.3) is 11.3 Å². The SMILES string of the molecule is CC1(C)OB(c2ccc(-c3cnc([C@@H]4CCCN4C(O)OCc4ccccc4)[nH]3)cc2)OC1(C)C. The van der Waals surface area contributed by atoms with Crippen molar-refractivity contribution >= 4 is 12.6 Å². The third-order valence-electron chi connectivity index (χ3n) is 7.48. The fourth-order valence-corrected chi connectivity index (χ4v) is 4.64. The Kier molecular flexibility index (Phi) is 6.59. The van der Waals surface area contributed by atoms with Crippen LogP contribution in [0.15, 0.2) is 60.8 Å². The highest BCUT2D eigenvalue weighted by molar-refractivity contribution is 6.62. The van der Waals surface area contributed by atoms with Gasteiger partial charge in [0.15, 0.2) is 0 Å². The Morgan fingerprint density at radius 2 is 1.77 bits per heavy atom. The molecule has 2 aliphatic heterocycles. The van der Waals surface area contributed by atoms with Crippen LogP contribution in [0, 0.1) is 0 Å². The molecule has 1 aromatic heterocycles. The van der Waals surface area contributed by atoms with E-state index < -0.39 is 6.41 Å². The normalized spacial score (nSPS) is 22.5. The molecule has 5 rings (SSSR count). The highest BCUT2D eigenvalue weighted by Crippen LogP contribution is 2.37. The lowest BCUT2D eigenvalue weighted by Crippen LogP contribution is -2.41. The van der Waals surface area contributed by atoms with E-state index in [1.54, 1.807) is 0 Å². The van der Waals surface area contributed by atoms with Crippen molar-refractivity contribution in [2.24, 2.45) is 0 Å². The first-order valence-electron chi connectivity index (χ1n) is 12.3. The zero-order valence-corrected chi connectivity index (χ0v) is 20.9. The molecule has 184 valence electrons. The van der Waals surface area contributed by atoms with Gasteiger partial charge in [0.25, 0.3) is 0 Å². The molecule has 8 heteroatoms. The molecular formula is C27H34BN3O4. The Hall–Kier alpha value is -2.49. The minimum Gasteiger partial charge on any atom is -0.399 e. The second-order valence-electron chi connectivity index (χ2n) is 10.4. The summed E-state index contributed by atoms with van der Waals surface area (Å²) in [6, 6.07) is 18.1. The molecule has 0 amide bonds. The van der Waals surface area contributed by atoms with E-state index in [0.29, 0.717) is 6.61 Å². The fourth-order valence-electron chi connectivity index (χ4n) is 4.64. The van der Waals surface area contributed by atoms with Gasteiger partial charge in [-0.3, -0.25) is 0 Å². The summed E-state index contributed by atoms with van der Waals surface area (Å²) in [6.07, 6.45) is 2.78. The molecule has 0 radical (unpaired) electrons. The number of imidazole rings is 1. The van der Waals surface area contributed by atoms with Gasteiger partial charge in [-0.1, -0.05) is 54.6 Å². The quantitative estimate of drug-likeness (QED) is 0.397. The van der Waals surface area contributed by atoms with Gasteiger partial charge in [0.2, 0.25) is 6.41 Å². The maximum absolute atomic E-state index is 10.7. The lowest BCUT2D eigenvalue weighted by Gasteiger charge is -2.32. The number of H-pyrrole nitrogens is 1. The molecular weight excluding hydrogens is 441 g/mol. The van der Waals surface area contributed by atoms with Crippen LogP contribution in [-0.2, 0) is 20.7 Å². The van der Waals surface area contributed by atoms with Crippen LogP contribution >= 0.6 is 0 Å². The number of likely N-dealkylation sites (tertiary alicyclic amines) is 1. The zero-order chi connectivity index (χ0) is 24.6. The Labute approximate surface area is 207 Å². The summed E-state index contributed by atoms with van der Waals surface area (Å²) in [7, 11) is -0.379. The fraction of sp³-hybridized carbons (Fsp3) is 0.444. The maximum Gasteiger partial charge on any atom is 0.494 e. The second kappa shape index (κ2) is 9.52. The number of hydrogen-bond acceptors (Lipinski definition) is 6. The van der Waals surface area contributed by atoms with Gasteiger partial charge < -0.3 is 24.1 Å². The summed E-state index contributed by atoms with van der Waals surface area (Å²) >= 11 is 0. The first-order valence-corrected chi connectivity index (χ1v) is 12.3. The molecule has 2 aromatic carbocycles. The number of aliphatic hydroxyl groups is 1. The number of aromatic amines is 1. The maximum atomic E-state index is 10.7. The van der Waals surface area contributed by atoms with Crippen LogP contribution < -0.4 is 5.46 Å². The molecule has 2 fully saturated rings. The summed E-state index contributed by atoms with van der Waals surface area (Å²) in [4.78, 5) is 10.1. The van der Waals surface area contributed by atoms with E-state index in [4.69, 9.17) is 14.0 Å². The molecule has 0 spiro atoms. The number of nitrogens with one attached hydrogen (secondary N) is 1. The Morgan fingerprint density at radius 1 is 1.09 bits per heavy atom. The molecule has 1 unspecified atom stereocenters. The van der Waals surface area contributed by atoms with Crippen molar-refractivity contribution in [3.05, 3.63) is 72.2 Å². The molecule has 2 N–H and O–H groups in total. The van der Waals surface area contributed by atoms with Crippen molar-refractivity contribution in [1.29, 1.82) is 0 Å². The highest BCUT2D eigenvalue weighted by Gasteiger charge is 2.51. The molecule has 2 atom stereocenters. The summed E-state index contributed by atoms with van der Waals surface area (Å²) < 4.78 is 18.1. The minimum absolute atomic E-state index is 0.0152. The van der Waals surface area contributed by atoms with E-state index in [9.17, 15) is 5.11 Å². The number of aliphatic hydroxyl groups excluding tert-OH is 1. The third-order valence-corrected chi connectivity index (χ3v) is 7.48. The minimum atomic E-state index is -0.976. The Morgan fingerprint density at radius 3 is 2.46 bits per heavy atom. The van der Waals surface area contributed by atoms with Crippen molar-refractivity contribution in [3.63, 3.8) is 0 Å². The van der Waals surface area contributed by atoms with Crippen molar-refractivity contribution in [3.8, 4) is 11.3 Å². The van der Waals surface area contributed by atoms with Crippen molar-refractivity contribution in [1.82, 2.24) is 14.9 Å². The lowest BCUT2D eigenvalue weighted by molar-refractivity contribution is -0.205. The highest BCUT2D eigenvalue weighted by atomic mass is 16.7. The van der Waals surface area contributed by atoms with E-state index in [0.717, 1.165) is 47.5 Å². The predicted molar refractivity (Wildman–Crippen MR) is 136 cm³/mol. The van der Waals surface area contributed by atoms with E-state index in [2.05, 4.69) is 49.8 Å². The van der Waals surface area contributed by atoms with Gasteiger partial charge in [0, 0.05) is 6.54 Å². The van der Waals surface area contributed by atoms with Crippen LogP contribution in [0.3, 0.4) is 0 Å². The number of benzene rings is 2. The average Bonchev–Trinajstić information content (AvgIpc) is 3.56. The van der Waals surface area contributed by atoms with Gasteiger partial charge in [-0.15, -0.1) is 0 Å². The number of hydrogen-bond donors (Lipinski definition) is 2. The van der Waals surface area contributed by atoms with Crippen LogP contribution in [0.4, 0.5) is 0 Å². The number of aromatic nitrogens is 2. The van der Waals surface area contributed by atoms with Gasteiger partial charge in [0.05, 0.1) is 35.7 Å². The van der Waals surface area contributed by atoms with Gasteiger partial charge in [-0.25, -0.2) is 9.88 Å². The number of nitrogens with zero attached hydrogens (tertiary/aromatic N) is 2. The van der Waals surface area contributed by atoms with Gasteiger partial charge in [-0.2, -0.15) is 0 Å². The monoisotopic (exact) mass is 475 g/mol. The Bertz CT molecular complexity index is 1120. The standard InChI is InChI=1S/C27H34BN3O4/c1-26(2)27(3,4)35-28(34-26)21-14-12-20(13-15-21)22-17-29-24(30-22)23-11-8-16-31(23)25(32)33-18-19-9-6-5-7-10-19/h5-7,9-10,12-15,17,23,25,32H,8,11,16,18H2,1-4H3,(H,29,30)/t23-,25?/m0/s1. The largest absolute Gasteiger partial charge is 0.494 e. The molecule has 3 heterocycles. The van der Waals surface area contributed by atoms with E-state index >= 15 is 0 Å². The van der Waals surface area contributed by atoms with Crippen LogP contribution in [0.2, 0.25) is 0 Å². The van der Waals surface area contributed by atoms with Gasteiger partial charge in [0.1, 0.15) is 5.82 Å². The molecule has 0 saturated carbocycles. The predicted octanol–water partition coefficient (Wildman–Crippen LogP) is 4.01. The molecule has 3 aromatic rings. The summed E-state index contributed by atoms with van der Waals surface area (Å²) in [5, 5.41) is 10.7. The van der Waals surface area contributed by atoms with Crippen LogP contribution in [0.1, 0.15) is 58.0 Å². The summed E-state index contributed by atoms with van der Waals surface area (Å²) in [5.41, 5.74) is 3.27. The van der Waals surface area contributed by atoms with Gasteiger partial charge >= 0.3 is 7.12 Å². The van der Waals surface area contributed by atoms with Crippen LogP contribution in [0.5, 0.6) is 0 Å². The molecule has 0 bridgehead atoms. The first kappa shape index (κ1) is 24.2. The average molecular weight is 475 g/mol. The molecule has 2 saturated heterocycles. The summed E-state index contributed by atoms with van der Waals surface area (Å²) in [5.74, 6) is 0.842. The van der Waals surface area contributed by atoms with Crippen molar-refractivity contribution < 1.29 is 19.2 Å². The third kappa shape index (κ3) is 4.94. The molecule has 7 nitrogen and oxygen atoms in total. The van der Waals surface area contributed by atoms with Crippen molar-refractivity contribution in [2.75, 3.05) is 6.54 Å². The van der Waals surface area contributed by atoms with Crippen LogP contribution in [-0.4, -0.2) is 51.3 Å². The zero-order valence-electron chi connectivity index (χ0n) is 20.9. The smallest absolute Gasteiger partial charge is 0.399 e. The van der Waals surface area contributed by atoms with E-state index in [1.807, 2.05) is 53.6 Å². The first-order chi connectivity index (χ1) is 16.7. The number of ether oxygens (including phenoxy) is 1. The van der Waals surface area contributed by atoms with Crippen molar-refractivity contribution in [2.45, 2.75) is 70.8 Å². The molecule has 2 aliphatic rings. The Balaban J connectivity index is 1.25. The van der Waals surface area contributed by atoms with E-state index in [-0.39, 0.29) is 24.4 Å². The topological polar surface area (TPSA) is 79.8 Å². The van der Waals surface area contributed by atoms with Gasteiger partial charge in [-0.05, 0) is 57.1 Å². The molecule has 35 heavy (non-hydrogen) atoms. The summed E-state index contributed by atoms with van der Waals surface area (Å²) in [6.45, 7) is 9.36.